The average Bonchev–Trinajstić information content (AvgIpc) is 2.45. The van der Waals surface area contributed by atoms with Crippen LogP contribution in [0.4, 0.5) is 0 Å². The molecular formula is C16H20ClN3O. The number of aromatic nitrogens is 2. The van der Waals surface area contributed by atoms with Gasteiger partial charge in [-0.2, -0.15) is 0 Å². The monoisotopic (exact) mass is 305 g/mol. The molecule has 2 rings (SSSR count). The predicted octanol–water partition coefficient (Wildman–Crippen LogP) is 3.69. The molecule has 0 aliphatic rings. The second kappa shape index (κ2) is 6.41. The Balaban J connectivity index is 2.19. The molecule has 1 aromatic carbocycles. The zero-order valence-electron chi connectivity index (χ0n) is 12.8. The molecule has 1 aromatic heterocycles. The number of ether oxygens (including phenoxy) is 1. The van der Waals surface area contributed by atoms with Crippen LogP contribution in [0.25, 0.3) is 11.4 Å². The summed E-state index contributed by atoms with van der Waals surface area (Å²) in [5.74, 6) is 1.30. The first-order valence-corrected chi connectivity index (χ1v) is 7.17. The maximum Gasteiger partial charge on any atom is 0.162 e. The zero-order valence-corrected chi connectivity index (χ0v) is 13.5. The highest BCUT2D eigenvalue weighted by atomic mass is 35.5. The lowest BCUT2D eigenvalue weighted by molar-refractivity contribution is 0.416. The fourth-order valence-electron chi connectivity index (χ4n) is 1.80. The van der Waals surface area contributed by atoms with Crippen LogP contribution in [-0.2, 0) is 6.54 Å². The van der Waals surface area contributed by atoms with Crippen molar-refractivity contribution >= 4 is 11.6 Å². The molecule has 0 aliphatic heterocycles. The summed E-state index contributed by atoms with van der Waals surface area (Å²) in [4.78, 5) is 8.83. The predicted molar refractivity (Wildman–Crippen MR) is 85.6 cm³/mol. The third-order valence-corrected chi connectivity index (χ3v) is 3.17. The number of nitrogens with one attached hydrogen (secondary N) is 1. The summed E-state index contributed by atoms with van der Waals surface area (Å²) in [6, 6.07) is 5.43. The Bertz CT molecular complexity index is 606. The molecule has 1 heterocycles. The molecular weight excluding hydrogens is 286 g/mol. The highest BCUT2D eigenvalue weighted by Crippen LogP contribution is 2.29. The standard InChI is InChI=1S/C16H20ClN3O/c1-16(2,3)20-10-11-8-18-15(19-9-11)13-6-5-12(17)7-14(13)21-4/h5-9,20H,10H2,1-4H3. The molecule has 0 spiro atoms. The van der Waals surface area contributed by atoms with Gasteiger partial charge in [-0.25, -0.2) is 9.97 Å². The SMILES string of the molecule is COc1cc(Cl)ccc1-c1ncc(CNC(C)(C)C)cn1. The summed E-state index contributed by atoms with van der Waals surface area (Å²) in [5, 5.41) is 4.03. The van der Waals surface area contributed by atoms with Gasteiger partial charge in [0.1, 0.15) is 5.75 Å². The van der Waals surface area contributed by atoms with Crippen molar-refractivity contribution in [3.63, 3.8) is 0 Å². The molecule has 0 unspecified atom stereocenters. The first-order chi connectivity index (χ1) is 9.89. The maximum atomic E-state index is 5.96. The quantitative estimate of drug-likeness (QED) is 0.935. The van der Waals surface area contributed by atoms with E-state index in [1.165, 1.54) is 0 Å². The van der Waals surface area contributed by atoms with Crippen molar-refractivity contribution in [1.82, 2.24) is 15.3 Å². The number of benzene rings is 1. The van der Waals surface area contributed by atoms with Gasteiger partial charge in [0.15, 0.2) is 5.82 Å². The van der Waals surface area contributed by atoms with Crippen molar-refractivity contribution < 1.29 is 4.74 Å². The average molecular weight is 306 g/mol. The van der Waals surface area contributed by atoms with E-state index in [4.69, 9.17) is 16.3 Å². The lowest BCUT2D eigenvalue weighted by Gasteiger charge is -2.20. The Morgan fingerprint density at radius 1 is 1.19 bits per heavy atom. The molecule has 0 atom stereocenters. The molecule has 112 valence electrons. The highest BCUT2D eigenvalue weighted by Gasteiger charge is 2.11. The van der Waals surface area contributed by atoms with E-state index in [9.17, 15) is 0 Å². The molecule has 0 radical (unpaired) electrons. The third kappa shape index (κ3) is 4.41. The topological polar surface area (TPSA) is 47.0 Å². The molecule has 5 heteroatoms. The van der Waals surface area contributed by atoms with Crippen molar-refractivity contribution in [1.29, 1.82) is 0 Å². The smallest absolute Gasteiger partial charge is 0.162 e. The second-order valence-electron chi connectivity index (χ2n) is 5.86. The van der Waals surface area contributed by atoms with Crippen LogP contribution in [0.15, 0.2) is 30.6 Å². The minimum Gasteiger partial charge on any atom is -0.496 e. The molecule has 0 amide bonds. The van der Waals surface area contributed by atoms with Gasteiger partial charge in [0.2, 0.25) is 0 Å². The van der Waals surface area contributed by atoms with Crippen LogP contribution in [0.3, 0.4) is 0 Å². The number of nitrogens with zero attached hydrogens (tertiary/aromatic N) is 2. The summed E-state index contributed by atoms with van der Waals surface area (Å²) in [5.41, 5.74) is 1.94. The van der Waals surface area contributed by atoms with E-state index in [-0.39, 0.29) is 5.54 Å². The third-order valence-electron chi connectivity index (χ3n) is 2.93. The van der Waals surface area contributed by atoms with E-state index >= 15 is 0 Å². The first-order valence-electron chi connectivity index (χ1n) is 6.79. The van der Waals surface area contributed by atoms with Crippen molar-refractivity contribution in [3.05, 3.63) is 41.2 Å². The van der Waals surface area contributed by atoms with Gasteiger partial charge in [-0.1, -0.05) is 11.6 Å². The van der Waals surface area contributed by atoms with Crippen molar-refractivity contribution in [3.8, 4) is 17.1 Å². The fraction of sp³-hybridized carbons (Fsp3) is 0.375. The Morgan fingerprint density at radius 2 is 1.86 bits per heavy atom. The molecule has 0 bridgehead atoms. The van der Waals surface area contributed by atoms with Crippen molar-refractivity contribution in [2.24, 2.45) is 0 Å². The van der Waals surface area contributed by atoms with E-state index in [0.717, 1.165) is 17.7 Å². The minimum absolute atomic E-state index is 0.0675. The number of rotatable bonds is 4. The maximum absolute atomic E-state index is 5.96. The van der Waals surface area contributed by atoms with Gasteiger partial charge in [0.25, 0.3) is 0 Å². The van der Waals surface area contributed by atoms with Gasteiger partial charge in [-0.3, -0.25) is 0 Å². The van der Waals surface area contributed by atoms with Crippen LogP contribution in [0.1, 0.15) is 26.3 Å². The normalized spacial score (nSPS) is 11.5. The summed E-state index contributed by atoms with van der Waals surface area (Å²) in [6.45, 7) is 7.12. The minimum atomic E-state index is 0.0675. The molecule has 0 saturated heterocycles. The molecule has 2 aromatic rings. The second-order valence-corrected chi connectivity index (χ2v) is 6.30. The van der Waals surface area contributed by atoms with Gasteiger partial charge < -0.3 is 10.1 Å². The van der Waals surface area contributed by atoms with E-state index < -0.39 is 0 Å². The number of halogens is 1. The molecule has 21 heavy (non-hydrogen) atoms. The summed E-state index contributed by atoms with van der Waals surface area (Å²) < 4.78 is 5.33. The van der Waals surface area contributed by atoms with Crippen LogP contribution >= 0.6 is 11.6 Å². The summed E-state index contributed by atoms with van der Waals surface area (Å²) >= 11 is 5.96. The lowest BCUT2D eigenvalue weighted by Crippen LogP contribution is -2.35. The molecule has 0 saturated carbocycles. The van der Waals surface area contributed by atoms with Crippen molar-refractivity contribution in [2.45, 2.75) is 32.9 Å². The zero-order chi connectivity index (χ0) is 15.5. The van der Waals surface area contributed by atoms with Crippen LogP contribution < -0.4 is 10.1 Å². The van der Waals surface area contributed by atoms with Crippen LogP contribution in [0, 0.1) is 0 Å². The highest BCUT2D eigenvalue weighted by molar-refractivity contribution is 6.30. The van der Waals surface area contributed by atoms with Gasteiger partial charge in [-0.05, 0) is 39.0 Å². The lowest BCUT2D eigenvalue weighted by atomic mass is 10.1. The number of methoxy groups -OCH3 is 1. The Labute approximate surface area is 130 Å². The van der Waals surface area contributed by atoms with E-state index in [1.54, 1.807) is 19.2 Å². The Morgan fingerprint density at radius 3 is 2.43 bits per heavy atom. The Hall–Kier alpha value is -1.65. The molecule has 1 N–H and O–H groups in total. The van der Waals surface area contributed by atoms with Gasteiger partial charge in [0.05, 0.1) is 12.7 Å². The number of hydrogen-bond donors (Lipinski definition) is 1. The molecule has 0 fully saturated rings. The molecule has 4 nitrogen and oxygen atoms in total. The van der Waals surface area contributed by atoms with Crippen LogP contribution in [0.5, 0.6) is 5.75 Å². The van der Waals surface area contributed by atoms with Crippen molar-refractivity contribution in [2.75, 3.05) is 7.11 Å². The molecule has 0 aliphatic carbocycles. The van der Waals surface area contributed by atoms with Gasteiger partial charge >= 0.3 is 0 Å². The van der Waals surface area contributed by atoms with Gasteiger partial charge in [-0.15, -0.1) is 0 Å². The van der Waals surface area contributed by atoms with Crippen LogP contribution in [-0.4, -0.2) is 22.6 Å². The summed E-state index contributed by atoms with van der Waals surface area (Å²) in [7, 11) is 1.61. The van der Waals surface area contributed by atoms with E-state index in [2.05, 4.69) is 36.1 Å². The van der Waals surface area contributed by atoms with Crippen LogP contribution in [0.2, 0.25) is 5.02 Å². The first kappa shape index (κ1) is 15.7. The Kier molecular flexibility index (Phi) is 4.80. The fourth-order valence-corrected chi connectivity index (χ4v) is 1.96. The van der Waals surface area contributed by atoms with Gasteiger partial charge in [0, 0.05) is 35.1 Å². The van der Waals surface area contributed by atoms with E-state index in [0.29, 0.717) is 16.6 Å². The summed E-state index contributed by atoms with van der Waals surface area (Å²) in [6.07, 6.45) is 3.66. The van der Waals surface area contributed by atoms with E-state index in [1.807, 2.05) is 18.5 Å². The largest absolute Gasteiger partial charge is 0.496 e. The number of hydrogen-bond acceptors (Lipinski definition) is 4.